The number of piperidine rings is 1. The lowest BCUT2D eigenvalue weighted by atomic mass is 9.93. The second kappa shape index (κ2) is 5.38. The zero-order chi connectivity index (χ0) is 14.0. The third kappa shape index (κ3) is 2.75. The maximum atomic E-state index is 12.5. The van der Waals surface area contributed by atoms with E-state index in [4.69, 9.17) is 5.11 Å². The van der Waals surface area contributed by atoms with Gasteiger partial charge in [-0.3, -0.25) is 14.6 Å². The van der Waals surface area contributed by atoms with Gasteiger partial charge in [0.1, 0.15) is 5.69 Å². The van der Waals surface area contributed by atoms with Gasteiger partial charge in [0.2, 0.25) is 0 Å². The van der Waals surface area contributed by atoms with E-state index >= 15 is 0 Å². The van der Waals surface area contributed by atoms with Crippen LogP contribution in [0.2, 0.25) is 0 Å². The minimum absolute atomic E-state index is 0.0597. The number of likely N-dealkylation sites (tertiary alicyclic amines) is 1. The molecule has 2 atom stereocenters. The van der Waals surface area contributed by atoms with Crippen molar-refractivity contribution in [3.8, 4) is 0 Å². The molecular weight excluding hydrogens is 244 g/mol. The zero-order valence-electron chi connectivity index (χ0n) is 11.2. The molecule has 1 aliphatic rings. The molecule has 0 spiro atoms. The van der Waals surface area contributed by atoms with E-state index in [1.54, 1.807) is 17.2 Å². The number of aromatic nitrogens is 1. The van der Waals surface area contributed by atoms with Crippen molar-refractivity contribution in [3.05, 3.63) is 29.6 Å². The van der Waals surface area contributed by atoms with Crippen LogP contribution in [-0.4, -0.2) is 39.5 Å². The second-order valence-corrected chi connectivity index (χ2v) is 5.09. The van der Waals surface area contributed by atoms with Crippen molar-refractivity contribution < 1.29 is 14.7 Å². The fourth-order valence-corrected chi connectivity index (χ4v) is 2.44. The number of carboxylic acids is 1. The van der Waals surface area contributed by atoms with E-state index in [9.17, 15) is 9.59 Å². The number of aliphatic carboxylic acids is 1. The number of hydrogen-bond acceptors (Lipinski definition) is 3. The third-order valence-corrected chi connectivity index (χ3v) is 3.70. The van der Waals surface area contributed by atoms with Crippen molar-refractivity contribution in [2.24, 2.45) is 5.92 Å². The van der Waals surface area contributed by atoms with Crippen LogP contribution in [0.5, 0.6) is 0 Å². The van der Waals surface area contributed by atoms with Gasteiger partial charge in [-0.15, -0.1) is 0 Å². The van der Waals surface area contributed by atoms with Crippen LogP contribution in [0.4, 0.5) is 0 Å². The first-order chi connectivity index (χ1) is 9.00. The van der Waals surface area contributed by atoms with Crippen molar-refractivity contribution in [2.45, 2.75) is 32.7 Å². The van der Waals surface area contributed by atoms with Gasteiger partial charge in [0.05, 0.1) is 5.92 Å². The minimum atomic E-state index is -0.831. The van der Waals surface area contributed by atoms with Crippen LogP contribution < -0.4 is 0 Å². The first-order valence-electron chi connectivity index (χ1n) is 6.46. The monoisotopic (exact) mass is 262 g/mol. The molecule has 1 fully saturated rings. The Balaban J connectivity index is 2.22. The molecule has 1 N–H and O–H groups in total. The molecule has 2 unspecified atom stereocenters. The highest BCUT2D eigenvalue weighted by atomic mass is 16.4. The van der Waals surface area contributed by atoms with Gasteiger partial charge >= 0.3 is 5.97 Å². The van der Waals surface area contributed by atoms with Gasteiger partial charge in [0.15, 0.2) is 0 Å². The van der Waals surface area contributed by atoms with E-state index in [2.05, 4.69) is 4.98 Å². The number of hydrogen-bond donors (Lipinski definition) is 1. The summed E-state index contributed by atoms with van der Waals surface area (Å²) in [4.78, 5) is 29.3. The zero-order valence-corrected chi connectivity index (χ0v) is 11.2. The minimum Gasteiger partial charge on any atom is -0.481 e. The molecule has 0 aliphatic carbocycles. The van der Waals surface area contributed by atoms with E-state index in [1.165, 1.54) is 0 Å². The van der Waals surface area contributed by atoms with E-state index in [1.807, 2.05) is 19.9 Å². The molecular formula is C14H18N2O3. The molecule has 5 heteroatoms. The fourth-order valence-electron chi connectivity index (χ4n) is 2.44. The van der Waals surface area contributed by atoms with Crippen LogP contribution in [0, 0.1) is 12.8 Å². The van der Waals surface area contributed by atoms with Crippen molar-refractivity contribution >= 4 is 11.9 Å². The standard InChI is InChI=1S/C14H18N2O3/c1-9-4-3-7-15-12(9)13(17)16-8-11(14(18)19)6-5-10(16)2/h3-4,7,10-11H,5-6,8H2,1-2H3,(H,18,19). The molecule has 2 rings (SSSR count). The summed E-state index contributed by atoms with van der Waals surface area (Å²) in [6.07, 6.45) is 2.93. The lowest BCUT2D eigenvalue weighted by Gasteiger charge is -2.36. The summed E-state index contributed by atoms with van der Waals surface area (Å²) in [6.45, 7) is 4.06. The molecule has 1 amide bonds. The summed E-state index contributed by atoms with van der Waals surface area (Å²) in [5.74, 6) is -1.47. The molecule has 2 heterocycles. The van der Waals surface area contributed by atoms with Crippen LogP contribution >= 0.6 is 0 Å². The predicted octanol–water partition coefficient (Wildman–Crippen LogP) is 1.72. The molecule has 0 saturated carbocycles. The Labute approximate surface area is 112 Å². The van der Waals surface area contributed by atoms with Crippen LogP contribution in [0.25, 0.3) is 0 Å². The van der Waals surface area contributed by atoms with Gasteiger partial charge in [-0.25, -0.2) is 0 Å². The van der Waals surface area contributed by atoms with Crippen molar-refractivity contribution in [1.29, 1.82) is 0 Å². The van der Waals surface area contributed by atoms with Crippen LogP contribution in [0.3, 0.4) is 0 Å². The molecule has 0 bridgehead atoms. The number of carbonyl (C=O) groups is 2. The fraction of sp³-hybridized carbons (Fsp3) is 0.500. The summed E-state index contributed by atoms with van der Waals surface area (Å²) in [5, 5.41) is 9.10. The van der Waals surface area contributed by atoms with Gasteiger partial charge in [0.25, 0.3) is 5.91 Å². The average molecular weight is 262 g/mol. The van der Waals surface area contributed by atoms with Gasteiger partial charge in [-0.1, -0.05) is 6.07 Å². The smallest absolute Gasteiger partial charge is 0.308 e. The molecule has 1 aromatic heterocycles. The Kier molecular flexibility index (Phi) is 3.83. The van der Waals surface area contributed by atoms with E-state index in [0.29, 0.717) is 18.5 Å². The van der Waals surface area contributed by atoms with E-state index in [0.717, 1.165) is 5.56 Å². The first kappa shape index (κ1) is 13.5. The summed E-state index contributed by atoms with van der Waals surface area (Å²) < 4.78 is 0. The Bertz CT molecular complexity index is 501. The number of amides is 1. The molecule has 0 aromatic carbocycles. The van der Waals surface area contributed by atoms with Crippen LogP contribution in [0.1, 0.15) is 35.8 Å². The number of carboxylic acid groups (broad SMARTS) is 1. The van der Waals surface area contributed by atoms with Crippen molar-refractivity contribution in [2.75, 3.05) is 6.54 Å². The van der Waals surface area contributed by atoms with Crippen molar-refractivity contribution in [3.63, 3.8) is 0 Å². The first-order valence-corrected chi connectivity index (χ1v) is 6.46. The van der Waals surface area contributed by atoms with Gasteiger partial charge in [-0.2, -0.15) is 0 Å². The van der Waals surface area contributed by atoms with E-state index in [-0.39, 0.29) is 18.5 Å². The van der Waals surface area contributed by atoms with Gasteiger partial charge in [0, 0.05) is 18.8 Å². The van der Waals surface area contributed by atoms with Crippen molar-refractivity contribution in [1.82, 2.24) is 9.88 Å². The topological polar surface area (TPSA) is 70.5 Å². The number of carbonyl (C=O) groups excluding carboxylic acids is 1. The molecule has 19 heavy (non-hydrogen) atoms. The highest BCUT2D eigenvalue weighted by Crippen LogP contribution is 2.24. The average Bonchev–Trinajstić information content (AvgIpc) is 2.38. The molecule has 5 nitrogen and oxygen atoms in total. The lowest BCUT2D eigenvalue weighted by Crippen LogP contribution is -2.47. The Hall–Kier alpha value is -1.91. The number of rotatable bonds is 2. The number of aryl methyl sites for hydroxylation is 1. The molecule has 1 saturated heterocycles. The van der Waals surface area contributed by atoms with Gasteiger partial charge < -0.3 is 10.0 Å². The summed E-state index contributed by atoms with van der Waals surface area (Å²) in [6, 6.07) is 3.68. The normalized spacial score (nSPS) is 23.2. The molecule has 102 valence electrons. The lowest BCUT2D eigenvalue weighted by molar-refractivity contribution is -0.143. The highest BCUT2D eigenvalue weighted by molar-refractivity contribution is 5.94. The Morgan fingerprint density at radius 1 is 1.42 bits per heavy atom. The largest absolute Gasteiger partial charge is 0.481 e. The molecule has 0 radical (unpaired) electrons. The summed E-state index contributed by atoms with van der Waals surface area (Å²) in [5.41, 5.74) is 1.23. The number of nitrogens with zero attached hydrogens (tertiary/aromatic N) is 2. The summed E-state index contributed by atoms with van der Waals surface area (Å²) >= 11 is 0. The van der Waals surface area contributed by atoms with Crippen LogP contribution in [-0.2, 0) is 4.79 Å². The number of pyridine rings is 1. The molecule has 1 aromatic rings. The van der Waals surface area contributed by atoms with Crippen LogP contribution in [0.15, 0.2) is 18.3 Å². The third-order valence-electron chi connectivity index (χ3n) is 3.70. The maximum Gasteiger partial charge on any atom is 0.308 e. The molecule has 1 aliphatic heterocycles. The van der Waals surface area contributed by atoms with E-state index < -0.39 is 11.9 Å². The maximum absolute atomic E-state index is 12.5. The summed E-state index contributed by atoms with van der Waals surface area (Å²) in [7, 11) is 0. The predicted molar refractivity (Wildman–Crippen MR) is 69.8 cm³/mol. The Morgan fingerprint density at radius 3 is 2.79 bits per heavy atom. The highest BCUT2D eigenvalue weighted by Gasteiger charge is 2.33. The quantitative estimate of drug-likeness (QED) is 0.881. The second-order valence-electron chi connectivity index (χ2n) is 5.09. The Morgan fingerprint density at radius 2 is 2.16 bits per heavy atom. The van der Waals surface area contributed by atoms with Gasteiger partial charge in [-0.05, 0) is 38.3 Å². The SMILES string of the molecule is Cc1cccnc1C(=O)N1CC(C(=O)O)CCC1C.